The Bertz CT molecular complexity index is 266. The van der Waals surface area contributed by atoms with E-state index in [1.165, 1.54) is 4.31 Å². The Morgan fingerprint density at radius 3 is 2.21 bits per heavy atom. The zero-order valence-electron chi connectivity index (χ0n) is 8.81. The Hall–Kier alpha value is -0.130. The van der Waals surface area contributed by atoms with Gasteiger partial charge < -0.3 is 5.11 Å². The molecule has 5 heteroatoms. The van der Waals surface area contributed by atoms with Crippen LogP contribution in [0.3, 0.4) is 0 Å². The molecular weight excluding hydrogens is 202 g/mol. The van der Waals surface area contributed by atoms with E-state index in [0.29, 0.717) is 24.9 Å². The first-order valence-electron chi connectivity index (χ1n) is 5.04. The highest BCUT2D eigenvalue weighted by Crippen LogP contribution is 2.23. The van der Waals surface area contributed by atoms with Crippen molar-refractivity contribution in [2.75, 3.05) is 25.4 Å². The van der Waals surface area contributed by atoms with E-state index in [9.17, 15) is 8.42 Å². The number of piperidine rings is 1. The molecule has 0 saturated carbocycles. The van der Waals surface area contributed by atoms with Crippen LogP contribution in [0.25, 0.3) is 0 Å². The van der Waals surface area contributed by atoms with Crippen LogP contribution in [0.4, 0.5) is 0 Å². The van der Waals surface area contributed by atoms with Gasteiger partial charge in [0.25, 0.3) is 0 Å². The van der Waals surface area contributed by atoms with Crippen LogP contribution in [-0.4, -0.2) is 43.3 Å². The van der Waals surface area contributed by atoms with Crippen LogP contribution < -0.4 is 0 Å². The summed E-state index contributed by atoms with van der Waals surface area (Å²) in [5, 5.41) is 8.66. The first-order valence-corrected chi connectivity index (χ1v) is 6.65. The summed E-state index contributed by atoms with van der Waals surface area (Å²) >= 11 is 0. The predicted molar refractivity (Wildman–Crippen MR) is 55.4 cm³/mol. The van der Waals surface area contributed by atoms with Crippen LogP contribution in [-0.2, 0) is 10.0 Å². The first kappa shape index (κ1) is 11.9. The van der Waals surface area contributed by atoms with Crippen molar-refractivity contribution >= 4 is 10.0 Å². The molecule has 1 rings (SSSR count). The number of hydrogen-bond donors (Lipinski definition) is 1. The third-order valence-electron chi connectivity index (χ3n) is 2.58. The van der Waals surface area contributed by atoms with Crippen LogP contribution in [0.1, 0.15) is 20.3 Å². The summed E-state index contributed by atoms with van der Waals surface area (Å²) in [6.07, 6.45) is 1.09. The molecule has 0 aromatic heterocycles. The van der Waals surface area contributed by atoms with Gasteiger partial charge in [0.1, 0.15) is 0 Å². The summed E-state index contributed by atoms with van der Waals surface area (Å²) in [7, 11) is -3.22. The van der Waals surface area contributed by atoms with Gasteiger partial charge in [-0.25, -0.2) is 12.7 Å². The fourth-order valence-corrected chi connectivity index (χ4v) is 3.53. The Kier molecular flexibility index (Phi) is 3.92. The third kappa shape index (κ3) is 2.93. The number of hydrogen-bond acceptors (Lipinski definition) is 3. The van der Waals surface area contributed by atoms with Gasteiger partial charge in [-0.3, -0.25) is 0 Å². The van der Waals surface area contributed by atoms with Crippen molar-refractivity contribution in [3.63, 3.8) is 0 Å². The van der Waals surface area contributed by atoms with Crippen molar-refractivity contribution in [3.8, 4) is 0 Å². The number of rotatable bonds is 3. The quantitative estimate of drug-likeness (QED) is 0.745. The average Bonchev–Trinajstić information content (AvgIpc) is 2.02. The maximum Gasteiger partial charge on any atom is 0.216 e. The van der Waals surface area contributed by atoms with Crippen molar-refractivity contribution in [1.29, 1.82) is 0 Å². The van der Waals surface area contributed by atoms with Crippen LogP contribution in [0.5, 0.6) is 0 Å². The molecule has 14 heavy (non-hydrogen) atoms. The second-order valence-electron chi connectivity index (χ2n) is 4.30. The van der Waals surface area contributed by atoms with Crippen LogP contribution >= 0.6 is 0 Å². The molecule has 1 heterocycles. The topological polar surface area (TPSA) is 57.6 Å². The minimum absolute atomic E-state index is 0.146. The van der Waals surface area contributed by atoms with Crippen molar-refractivity contribution < 1.29 is 13.5 Å². The molecule has 1 aliphatic heterocycles. The van der Waals surface area contributed by atoms with Gasteiger partial charge in [-0.2, -0.15) is 0 Å². The summed E-state index contributed by atoms with van der Waals surface area (Å²) in [6, 6.07) is 0. The first-order chi connectivity index (χ1) is 6.45. The lowest BCUT2D eigenvalue weighted by Gasteiger charge is -2.33. The minimum Gasteiger partial charge on any atom is -0.395 e. The minimum atomic E-state index is -3.22. The molecule has 0 amide bonds. The second-order valence-corrected chi connectivity index (χ2v) is 6.39. The third-order valence-corrected chi connectivity index (χ3v) is 4.36. The molecular formula is C9H19NO3S. The van der Waals surface area contributed by atoms with Gasteiger partial charge in [0, 0.05) is 13.1 Å². The summed E-state index contributed by atoms with van der Waals surface area (Å²) in [4.78, 5) is 0. The summed E-state index contributed by atoms with van der Waals surface area (Å²) in [5.74, 6) is 0.700. The lowest BCUT2D eigenvalue weighted by atomic mass is 9.94. The number of nitrogens with zero attached hydrogens (tertiary/aromatic N) is 1. The van der Waals surface area contributed by atoms with E-state index in [-0.39, 0.29) is 12.4 Å². The molecule has 0 aromatic rings. The molecule has 0 radical (unpaired) electrons. The highest BCUT2D eigenvalue weighted by atomic mass is 32.2. The molecule has 1 saturated heterocycles. The second kappa shape index (κ2) is 4.59. The maximum atomic E-state index is 11.6. The van der Waals surface area contributed by atoms with Gasteiger partial charge in [-0.15, -0.1) is 0 Å². The molecule has 0 spiro atoms. The fourth-order valence-electron chi connectivity index (χ4n) is 2.08. The van der Waals surface area contributed by atoms with Crippen molar-refractivity contribution in [2.45, 2.75) is 20.3 Å². The van der Waals surface area contributed by atoms with Gasteiger partial charge in [0.2, 0.25) is 10.0 Å². The van der Waals surface area contributed by atoms with Crippen LogP contribution in [0, 0.1) is 11.8 Å². The summed E-state index contributed by atoms with van der Waals surface area (Å²) in [6.45, 7) is 5.05. The van der Waals surface area contributed by atoms with E-state index in [1.807, 2.05) is 0 Å². The maximum absolute atomic E-state index is 11.6. The van der Waals surface area contributed by atoms with Crippen molar-refractivity contribution in [1.82, 2.24) is 4.31 Å². The summed E-state index contributed by atoms with van der Waals surface area (Å²) < 4.78 is 24.8. The van der Waals surface area contributed by atoms with Gasteiger partial charge in [-0.05, 0) is 18.3 Å². The van der Waals surface area contributed by atoms with Gasteiger partial charge in [0.15, 0.2) is 0 Å². The van der Waals surface area contributed by atoms with E-state index in [1.54, 1.807) is 0 Å². The predicted octanol–water partition coefficient (Wildman–Crippen LogP) is 0.286. The molecule has 2 atom stereocenters. The van der Waals surface area contributed by atoms with Gasteiger partial charge >= 0.3 is 0 Å². The van der Waals surface area contributed by atoms with Crippen LogP contribution in [0.2, 0.25) is 0 Å². The number of sulfonamides is 1. The molecule has 1 fully saturated rings. The van der Waals surface area contributed by atoms with Crippen LogP contribution in [0.15, 0.2) is 0 Å². The van der Waals surface area contributed by atoms with E-state index in [4.69, 9.17) is 5.11 Å². The highest BCUT2D eigenvalue weighted by Gasteiger charge is 2.29. The van der Waals surface area contributed by atoms with E-state index < -0.39 is 10.0 Å². The summed E-state index contributed by atoms with van der Waals surface area (Å²) in [5.41, 5.74) is 0. The number of aliphatic hydroxyl groups excluding tert-OH is 1. The lowest BCUT2D eigenvalue weighted by molar-refractivity contribution is 0.220. The standard InChI is InChI=1S/C9H19NO3S/c1-8-5-9(2)7-10(6-8)14(12,13)4-3-11/h8-9,11H,3-7H2,1-2H3. The average molecular weight is 221 g/mol. The van der Waals surface area contributed by atoms with E-state index in [2.05, 4.69) is 13.8 Å². The molecule has 1 N–H and O–H groups in total. The van der Waals surface area contributed by atoms with Gasteiger partial charge in [-0.1, -0.05) is 13.8 Å². The molecule has 84 valence electrons. The Balaban J connectivity index is 2.68. The van der Waals surface area contributed by atoms with Gasteiger partial charge in [0.05, 0.1) is 12.4 Å². The molecule has 0 bridgehead atoms. The highest BCUT2D eigenvalue weighted by molar-refractivity contribution is 7.89. The SMILES string of the molecule is CC1CC(C)CN(S(=O)(=O)CCO)C1. The van der Waals surface area contributed by atoms with Crippen molar-refractivity contribution in [2.24, 2.45) is 11.8 Å². The Morgan fingerprint density at radius 1 is 1.29 bits per heavy atom. The smallest absolute Gasteiger partial charge is 0.216 e. The van der Waals surface area contributed by atoms with E-state index >= 15 is 0 Å². The molecule has 2 unspecified atom stereocenters. The Labute approximate surface area is 86.0 Å². The normalized spacial score (nSPS) is 30.5. The molecule has 0 aliphatic carbocycles. The van der Waals surface area contributed by atoms with E-state index in [0.717, 1.165) is 6.42 Å². The number of aliphatic hydroxyl groups is 1. The molecule has 4 nitrogen and oxygen atoms in total. The zero-order valence-corrected chi connectivity index (χ0v) is 9.63. The zero-order chi connectivity index (χ0) is 10.8. The van der Waals surface area contributed by atoms with Crippen molar-refractivity contribution in [3.05, 3.63) is 0 Å². The Morgan fingerprint density at radius 2 is 1.79 bits per heavy atom. The molecule has 0 aromatic carbocycles. The molecule has 1 aliphatic rings. The monoisotopic (exact) mass is 221 g/mol. The fraction of sp³-hybridized carbons (Fsp3) is 1.00. The largest absolute Gasteiger partial charge is 0.395 e. The lowest BCUT2D eigenvalue weighted by Crippen LogP contribution is -2.43.